The van der Waals surface area contributed by atoms with Gasteiger partial charge in [0.15, 0.2) is 0 Å². The van der Waals surface area contributed by atoms with Crippen LogP contribution in [0.25, 0.3) is 0 Å². The van der Waals surface area contributed by atoms with Crippen LogP contribution in [0.15, 0.2) is 24.5 Å². The number of nitrogens with one attached hydrogen (secondary N) is 1. The van der Waals surface area contributed by atoms with Crippen molar-refractivity contribution < 1.29 is 4.79 Å². The Kier molecular flexibility index (Phi) is 4.91. The molecule has 0 unspecified atom stereocenters. The maximum Gasteiger partial charge on any atom is 0.227 e. The fourth-order valence-corrected chi connectivity index (χ4v) is 2.56. The van der Waals surface area contributed by atoms with E-state index in [1.54, 1.807) is 12.4 Å². The van der Waals surface area contributed by atoms with Crippen LogP contribution in [0, 0.1) is 0 Å². The lowest BCUT2D eigenvalue weighted by Crippen LogP contribution is -2.47. The van der Waals surface area contributed by atoms with Gasteiger partial charge in [0.2, 0.25) is 5.91 Å². The monoisotopic (exact) mass is 261 g/mol. The minimum atomic E-state index is 0.219. The number of carbonyl (C=O) groups is 1. The molecule has 0 aliphatic carbocycles. The SMILES string of the molecule is CC(C)NC1CCN(C(=O)Cc2cccnc2)CC1. The first-order valence-electron chi connectivity index (χ1n) is 7.08. The summed E-state index contributed by atoms with van der Waals surface area (Å²) in [4.78, 5) is 18.2. The van der Waals surface area contributed by atoms with E-state index in [-0.39, 0.29) is 5.91 Å². The van der Waals surface area contributed by atoms with Gasteiger partial charge in [0.05, 0.1) is 6.42 Å². The van der Waals surface area contributed by atoms with Gasteiger partial charge in [-0.25, -0.2) is 0 Å². The zero-order valence-electron chi connectivity index (χ0n) is 11.8. The zero-order valence-corrected chi connectivity index (χ0v) is 11.8. The first-order valence-corrected chi connectivity index (χ1v) is 7.08. The largest absolute Gasteiger partial charge is 0.342 e. The van der Waals surface area contributed by atoms with Gasteiger partial charge < -0.3 is 10.2 Å². The Balaban J connectivity index is 1.79. The standard InChI is InChI=1S/C15H23N3O/c1-12(2)17-14-5-8-18(9-6-14)15(19)10-13-4-3-7-16-11-13/h3-4,7,11-12,14,17H,5-6,8-10H2,1-2H3. The lowest BCUT2D eigenvalue weighted by molar-refractivity contribution is -0.131. The number of hydrogen-bond donors (Lipinski definition) is 1. The second kappa shape index (κ2) is 6.66. The quantitative estimate of drug-likeness (QED) is 0.895. The van der Waals surface area contributed by atoms with Gasteiger partial charge >= 0.3 is 0 Å². The second-order valence-electron chi connectivity index (χ2n) is 5.51. The maximum absolute atomic E-state index is 12.2. The van der Waals surface area contributed by atoms with Crippen LogP contribution in [0.5, 0.6) is 0 Å². The molecule has 1 aliphatic heterocycles. The van der Waals surface area contributed by atoms with E-state index in [9.17, 15) is 4.79 Å². The van der Waals surface area contributed by atoms with E-state index in [1.807, 2.05) is 17.0 Å². The highest BCUT2D eigenvalue weighted by molar-refractivity contribution is 5.78. The third kappa shape index (κ3) is 4.31. The van der Waals surface area contributed by atoms with Crippen LogP contribution >= 0.6 is 0 Å². The van der Waals surface area contributed by atoms with Crippen molar-refractivity contribution in [3.63, 3.8) is 0 Å². The second-order valence-corrected chi connectivity index (χ2v) is 5.51. The highest BCUT2D eigenvalue weighted by Crippen LogP contribution is 2.12. The molecule has 2 heterocycles. The van der Waals surface area contributed by atoms with Gasteiger partial charge in [-0.15, -0.1) is 0 Å². The summed E-state index contributed by atoms with van der Waals surface area (Å²) >= 11 is 0. The lowest BCUT2D eigenvalue weighted by atomic mass is 10.0. The first kappa shape index (κ1) is 14.0. The predicted octanol–water partition coefficient (Wildman–Crippen LogP) is 1.61. The molecule has 2 rings (SSSR count). The molecule has 0 bridgehead atoms. The molecular weight excluding hydrogens is 238 g/mol. The van der Waals surface area contributed by atoms with E-state index in [1.165, 1.54) is 0 Å². The molecule has 1 amide bonds. The van der Waals surface area contributed by atoms with Gasteiger partial charge in [-0.2, -0.15) is 0 Å². The van der Waals surface area contributed by atoms with Crippen molar-refractivity contribution in [3.05, 3.63) is 30.1 Å². The van der Waals surface area contributed by atoms with Crippen LogP contribution in [0.1, 0.15) is 32.3 Å². The fraction of sp³-hybridized carbons (Fsp3) is 0.600. The van der Waals surface area contributed by atoms with Crippen LogP contribution in [0.4, 0.5) is 0 Å². The van der Waals surface area contributed by atoms with E-state index in [2.05, 4.69) is 24.1 Å². The molecule has 1 aromatic heterocycles. The van der Waals surface area contributed by atoms with Crippen LogP contribution < -0.4 is 5.32 Å². The number of likely N-dealkylation sites (tertiary alicyclic amines) is 1. The number of rotatable bonds is 4. The summed E-state index contributed by atoms with van der Waals surface area (Å²) in [6, 6.07) is 4.91. The third-order valence-corrected chi connectivity index (χ3v) is 3.49. The highest BCUT2D eigenvalue weighted by atomic mass is 16.2. The number of hydrogen-bond acceptors (Lipinski definition) is 3. The van der Waals surface area contributed by atoms with E-state index in [4.69, 9.17) is 0 Å². The number of aromatic nitrogens is 1. The Hall–Kier alpha value is -1.42. The highest BCUT2D eigenvalue weighted by Gasteiger charge is 2.22. The van der Waals surface area contributed by atoms with Gasteiger partial charge in [0.1, 0.15) is 0 Å². The van der Waals surface area contributed by atoms with Gasteiger partial charge in [-0.1, -0.05) is 19.9 Å². The zero-order chi connectivity index (χ0) is 13.7. The van der Waals surface area contributed by atoms with Crippen LogP contribution in [0.2, 0.25) is 0 Å². The summed E-state index contributed by atoms with van der Waals surface area (Å²) < 4.78 is 0. The van der Waals surface area contributed by atoms with Gasteiger partial charge in [-0.3, -0.25) is 9.78 Å². The molecule has 4 heteroatoms. The molecular formula is C15H23N3O. The van der Waals surface area contributed by atoms with Crippen molar-refractivity contribution in [1.29, 1.82) is 0 Å². The third-order valence-electron chi connectivity index (χ3n) is 3.49. The molecule has 0 saturated carbocycles. The molecule has 0 spiro atoms. The smallest absolute Gasteiger partial charge is 0.227 e. The number of nitrogens with zero attached hydrogens (tertiary/aromatic N) is 2. The molecule has 19 heavy (non-hydrogen) atoms. The lowest BCUT2D eigenvalue weighted by Gasteiger charge is -2.33. The van der Waals surface area contributed by atoms with Crippen molar-refractivity contribution in [1.82, 2.24) is 15.2 Å². The van der Waals surface area contributed by atoms with Crippen molar-refractivity contribution in [2.45, 2.75) is 45.2 Å². The Morgan fingerprint density at radius 1 is 1.47 bits per heavy atom. The maximum atomic E-state index is 12.2. The summed E-state index contributed by atoms with van der Waals surface area (Å²) in [5, 5.41) is 3.54. The van der Waals surface area contributed by atoms with Gasteiger partial charge in [0, 0.05) is 37.6 Å². The molecule has 1 aromatic rings. The molecule has 0 aromatic carbocycles. The van der Waals surface area contributed by atoms with E-state index < -0.39 is 0 Å². The molecule has 0 radical (unpaired) electrons. The number of piperidine rings is 1. The molecule has 104 valence electrons. The first-order chi connectivity index (χ1) is 9.15. The Morgan fingerprint density at radius 2 is 2.21 bits per heavy atom. The summed E-state index contributed by atoms with van der Waals surface area (Å²) in [5.41, 5.74) is 0.995. The number of amides is 1. The summed E-state index contributed by atoms with van der Waals surface area (Å²) in [7, 11) is 0. The number of pyridine rings is 1. The van der Waals surface area contributed by atoms with Gasteiger partial charge in [0.25, 0.3) is 0 Å². The minimum Gasteiger partial charge on any atom is -0.342 e. The predicted molar refractivity (Wildman–Crippen MR) is 75.8 cm³/mol. The molecule has 0 atom stereocenters. The van der Waals surface area contributed by atoms with Gasteiger partial charge in [-0.05, 0) is 24.5 Å². The average Bonchev–Trinajstić information content (AvgIpc) is 2.40. The van der Waals surface area contributed by atoms with Crippen molar-refractivity contribution >= 4 is 5.91 Å². The van der Waals surface area contributed by atoms with E-state index >= 15 is 0 Å². The normalized spacial score (nSPS) is 16.9. The molecule has 1 saturated heterocycles. The summed E-state index contributed by atoms with van der Waals surface area (Å²) in [6.07, 6.45) is 6.08. The Labute approximate surface area is 115 Å². The van der Waals surface area contributed by atoms with Crippen molar-refractivity contribution in [2.75, 3.05) is 13.1 Å². The van der Waals surface area contributed by atoms with Crippen LogP contribution in [0.3, 0.4) is 0 Å². The summed E-state index contributed by atoms with van der Waals surface area (Å²) in [6.45, 7) is 6.06. The van der Waals surface area contributed by atoms with Crippen molar-refractivity contribution in [2.24, 2.45) is 0 Å². The van der Waals surface area contributed by atoms with Crippen molar-refractivity contribution in [3.8, 4) is 0 Å². The fourth-order valence-electron chi connectivity index (χ4n) is 2.56. The number of carbonyl (C=O) groups excluding carboxylic acids is 1. The Morgan fingerprint density at radius 3 is 2.79 bits per heavy atom. The average molecular weight is 261 g/mol. The van der Waals surface area contributed by atoms with Crippen LogP contribution in [-0.4, -0.2) is 41.0 Å². The molecule has 1 fully saturated rings. The molecule has 4 nitrogen and oxygen atoms in total. The molecule has 1 N–H and O–H groups in total. The topological polar surface area (TPSA) is 45.2 Å². The van der Waals surface area contributed by atoms with E-state index in [0.29, 0.717) is 18.5 Å². The van der Waals surface area contributed by atoms with E-state index in [0.717, 1.165) is 31.5 Å². The Bertz CT molecular complexity index is 397. The van der Waals surface area contributed by atoms with Crippen LogP contribution in [-0.2, 0) is 11.2 Å². The summed E-state index contributed by atoms with van der Waals surface area (Å²) in [5.74, 6) is 0.219. The minimum absolute atomic E-state index is 0.219. The molecule has 1 aliphatic rings.